The summed E-state index contributed by atoms with van der Waals surface area (Å²) in [6.45, 7) is 5.71. The molecule has 0 fully saturated rings. The Morgan fingerprint density at radius 2 is 1.84 bits per heavy atom. The Balaban J connectivity index is 2.76. The maximum atomic E-state index is 10.5. The monoisotopic (exact) mass is 267 g/mol. The van der Waals surface area contributed by atoms with Crippen LogP contribution in [0.2, 0.25) is 0 Å². The molecule has 2 N–H and O–H groups in total. The van der Waals surface area contributed by atoms with Crippen molar-refractivity contribution in [3.63, 3.8) is 0 Å². The number of hydrogen-bond donors (Lipinski definition) is 2. The molecule has 0 saturated heterocycles. The molecule has 0 aliphatic rings. The molecular weight excluding hydrogens is 242 g/mol. The van der Waals surface area contributed by atoms with Crippen LogP contribution in [0.15, 0.2) is 18.2 Å². The zero-order valence-electron chi connectivity index (χ0n) is 12.3. The van der Waals surface area contributed by atoms with E-state index in [-0.39, 0.29) is 0 Å². The summed E-state index contributed by atoms with van der Waals surface area (Å²) in [5.74, 6) is 1.31. The van der Waals surface area contributed by atoms with Gasteiger partial charge in [-0.25, -0.2) is 0 Å². The number of methoxy groups -OCH3 is 2. The Bertz CT molecular complexity index is 391. The zero-order chi connectivity index (χ0) is 14.3. The Kier molecular flexibility index (Phi) is 6.12. The molecule has 0 heterocycles. The van der Waals surface area contributed by atoms with Gasteiger partial charge in [-0.3, -0.25) is 0 Å². The van der Waals surface area contributed by atoms with Crippen molar-refractivity contribution in [1.82, 2.24) is 5.32 Å². The van der Waals surface area contributed by atoms with Crippen LogP contribution in [0.1, 0.15) is 32.3 Å². The molecule has 4 heteroatoms. The molecule has 0 aliphatic carbocycles. The molecule has 0 amide bonds. The second-order valence-corrected chi connectivity index (χ2v) is 4.84. The van der Waals surface area contributed by atoms with Gasteiger partial charge in [0.05, 0.1) is 19.8 Å². The number of rotatable bonds is 8. The van der Waals surface area contributed by atoms with Crippen LogP contribution in [0.4, 0.5) is 0 Å². The summed E-state index contributed by atoms with van der Waals surface area (Å²) in [4.78, 5) is 0. The van der Waals surface area contributed by atoms with Gasteiger partial charge in [-0.05, 0) is 50.6 Å². The highest BCUT2D eigenvalue weighted by Crippen LogP contribution is 2.33. The lowest BCUT2D eigenvalue weighted by Gasteiger charge is -2.25. The fourth-order valence-electron chi connectivity index (χ4n) is 1.95. The largest absolute Gasteiger partial charge is 0.493 e. The van der Waals surface area contributed by atoms with Gasteiger partial charge in [-0.15, -0.1) is 0 Å². The quantitative estimate of drug-likeness (QED) is 0.710. The van der Waals surface area contributed by atoms with Crippen LogP contribution in [0, 0.1) is 0 Å². The molecule has 0 saturated carbocycles. The van der Waals surface area contributed by atoms with E-state index in [2.05, 4.69) is 12.2 Å². The van der Waals surface area contributed by atoms with Gasteiger partial charge in [0, 0.05) is 0 Å². The third-order valence-electron chi connectivity index (χ3n) is 3.22. The highest BCUT2D eigenvalue weighted by Gasteiger charge is 2.23. The van der Waals surface area contributed by atoms with E-state index in [4.69, 9.17) is 9.47 Å². The number of aliphatic hydroxyl groups is 1. The predicted octanol–water partition coefficient (Wildman–Crippen LogP) is 2.30. The minimum atomic E-state index is -0.875. The van der Waals surface area contributed by atoms with E-state index in [1.54, 1.807) is 14.2 Å². The highest BCUT2D eigenvalue weighted by atomic mass is 16.5. The third kappa shape index (κ3) is 4.40. The van der Waals surface area contributed by atoms with Gasteiger partial charge in [0.15, 0.2) is 11.5 Å². The molecular formula is C15H25NO3. The van der Waals surface area contributed by atoms with Crippen molar-refractivity contribution in [2.45, 2.75) is 32.3 Å². The number of nitrogens with one attached hydrogen (secondary N) is 1. The van der Waals surface area contributed by atoms with Gasteiger partial charge in [0.1, 0.15) is 0 Å². The summed E-state index contributed by atoms with van der Waals surface area (Å²) in [5.41, 5.74) is -0.0382. The molecule has 0 radical (unpaired) electrons. The summed E-state index contributed by atoms with van der Waals surface area (Å²) in [6, 6.07) is 5.53. The molecule has 0 aliphatic heterocycles. The zero-order valence-corrected chi connectivity index (χ0v) is 12.3. The van der Waals surface area contributed by atoms with Crippen molar-refractivity contribution in [1.29, 1.82) is 0 Å². The molecule has 1 rings (SSSR count). The molecule has 1 aromatic carbocycles. The summed E-state index contributed by atoms with van der Waals surface area (Å²) < 4.78 is 10.5. The van der Waals surface area contributed by atoms with Crippen LogP contribution in [-0.2, 0) is 5.60 Å². The first-order valence-electron chi connectivity index (χ1n) is 6.70. The summed E-state index contributed by atoms with van der Waals surface area (Å²) in [6.07, 6.45) is 1.75. The third-order valence-corrected chi connectivity index (χ3v) is 3.22. The van der Waals surface area contributed by atoms with Gasteiger partial charge in [0.2, 0.25) is 0 Å². The van der Waals surface area contributed by atoms with Gasteiger partial charge < -0.3 is 19.9 Å². The van der Waals surface area contributed by atoms with Crippen molar-refractivity contribution < 1.29 is 14.6 Å². The van der Waals surface area contributed by atoms with Crippen LogP contribution >= 0.6 is 0 Å². The first-order valence-corrected chi connectivity index (χ1v) is 6.70. The van der Waals surface area contributed by atoms with Crippen LogP contribution in [0.3, 0.4) is 0 Å². The molecule has 0 aromatic heterocycles. The van der Waals surface area contributed by atoms with Crippen molar-refractivity contribution >= 4 is 0 Å². The Morgan fingerprint density at radius 1 is 1.16 bits per heavy atom. The average Bonchev–Trinajstić information content (AvgIpc) is 2.42. The fraction of sp³-hybridized carbons (Fsp3) is 0.600. The molecule has 1 aromatic rings. The van der Waals surface area contributed by atoms with E-state index in [9.17, 15) is 5.11 Å². The smallest absolute Gasteiger partial charge is 0.161 e. The normalized spacial score (nSPS) is 13.9. The molecule has 108 valence electrons. The van der Waals surface area contributed by atoms with Gasteiger partial charge >= 0.3 is 0 Å². The van der Waals surface area contributed by atoms with Crippen LogP contribution in [0.5, 0.6) is 11.5 Å². The molecule has 0 bridgehead atoms. The Labute approximate surface area is 115 Å². The maximum Gasteiger partial charge on any atom is 0.161 e. The Hall–Kier alpha value is -1.26. The summed E-state index contributed by atoms with van der Waals surface area (Å²) >= 11 is 0. The SMILES string of the molecule is CCCNCCC(C)(O)c1ccc(OC)c(OC)c1. The molecule has 4 nitrogen and oxygen atoms in total. The molecule has 19 heavy (non-hydrogen) atoms. The van der Waals surface area contributed by atoms with Crippen molar-refractivity contribution in [2.75, 3.05) is 27.3 Å². The lowest BCUT2D eigenvalue weighted by atomic mass is 9.92. The highest BCUT2D eigenvalue weighted by molar-refractivity contribution is 5.44. The van der Waals surface area contributed by atoms with Gasteiger partial charge in [-0.1, -0.05) is 13.0 Å². The topological polar surface area (TPSA) is 50.7 Å². The van der Waals surface area contributed by atoms with Crippen molar-refractivity contribution in [2.24, 2.45) is 0 Å². The second kappa shape index (κ2) is 7.36. The van der Waals surface area contributed by atoms with Crippen LogP contribution in [0.25, 0.3) is 0 Å². The lowest BCUT2D eigenvalue weighted by molar-refractivity contribution is 0.0478. The van der Waals surface area contributed by atoms with Crippen LogP contribution < -0.4 is 14.8 Å². The first kappa shape index (κ1) is 15.8. The molecule has 1 atom stereocenters. The minimum absolute atomic E-state index is 0.641. The van der Waals surface area contributed by atoms with E-state index in [0.717, 1.165) is 25.1 Å². The number of ether oxygens (including phenoxy) is 2. The number of benzene rings is 1. The average molecular weight is 267 g/mol. The predicted molar refractivity (Wildman–Crippen MR) is 76.9 cm³/mol. The fourth-order valence-corrected chi connectivity index (χ4v) is 1.95. The Morgan fingerprint density at radius 3 is 2.42 bits per heavy atom. The summed E-state index contributed by atoms with van der Waals surface area (Å²) in [7, 11) is 3.20. The van der Waals surface area contributed by atoms with Gasteiger partial charge in [-0.2, -0.15) is 0 Å². The lowest BCUT2D eigenvalue weighted by Crippen LogP contribution is -2.28. The van der Waals surface area contributed by atoms with Crippen molar-refractivity contribution in [3.05, 3.63) is 23.8 Å². The van der Waals surface area contributed by atoms with Crippen LogP contribution in [-0.4, -0.2) is 32.4 Å². The van der Waals surface area contributed by atoms with E-state index >= 15 is 0 Å². The first-order chi connectivity index (χ1) is 9.05. The summed E-state index contributed by atoms with van der Waals surface area (Å²) in [5, 5.41) is 13.8. The standard InChI is InChI=1S/C15H25NO3/c1-5-9-16-10-8-15(2,17)12-6-7-13(18-3)14(11-12)19-4/h6-7,11,16-17H,5,8-10H2,1-4H3. The molecule has 0 spiro atoms. The second-order valence-electron chi connectivity index (χ2n) is 4.84. The minimum Gasteiger partial charge on any atom is -0.493 e. The number of hydrogen-bond acceptors (Lipinski definition) is 4. The van der Waals surface area contributed by atoms with E-state index < -0.39 is 5.60 Å². The van der Waals surface area contributed by atoms with E-state index in [0.29, 0.717) is 17.9 Å². The van der Waals surface area contributed by atoms with E-state index in [1.807, 2.05) is 25.1 Å². The maximum absolute atomic E-state index is 10.5. The van der Waals surface area contributed by atoms with Gasteiger partial charge in [0.25, 0.3) is 0 Å². The van der Waals surface area contributed by atoms with Crippen molar-refractivity contribution in [3.8, 4) is 11.5 Å². The molecule has 1 unspecified atom stereocenters. The van der Waals surface area contributed by atoms with E-state index in [1.165, 1.54) is 0 Å².